The normalized spacial score (nSPS) is 17.3. The molecule has 2 amide bonds. The van der Waals surface area contributed by atoms with Crippen LogP contribution in [0.3, 0.4) is 0 Å². The van der Waals surface area contributed by atoms with Crippen molar-refractivity contribution in [2.24, 2.45) is 4.40 Å². The lowest BCUT2D eigenvalue weighted by molar-refractivity contribution is -0.127. The number of hydrogen-bond donors (Lipinski definition) is 1. The van der Waals surface area contributed by atoms with Crippen LogP contribution in [0, 0.1) is 0 Å². The summed E-state index contributed by atoms with van der Waals surface area (Å²) in [6.07, 6.45) is 2.14. The van der Waals surface area contributed by atoms with Gasteiger partial charge in [-0.2, -0.15) is 8.42 Å². The highest BCUT2D eigenvalue weighted by Crippen LogP contribution is 2.31. The van der Waals surface area contributed by atoms with Gasteiger partial charge in [0.05, 0.1) is 12.0 Å². The lowest BCUT2D eigenvalue weighted by atomic mass is 10.2. The molecule has 0 bridgehead atoms. The molecule has 8 nitrogen and oxygen atoms in total. The minimum atomic E-state index is -4.02. The van der Waals surface area contributed by atoms with Crippen molar-refractivity contribution in [3.05, 3.63) is 66.7 Å². The fraction of sp³-hybridized carbons (Fsp3) is 0.261. The summed E-state index contributed by atoms with van der Waals surface area (Å²) in [5.41, 5.74) is 1.56. The molecule has 1 N–H and O–H groups in total. The van der Waals surface area contributed by atoms with E-state index in [0.29, 0.717) is 11.4 Å². The first kappa shape index (κ1) is 24.5. The van der Waals surface area contributed by atoms with Gasteiger partial charge in [0.25, 0.3) is 10.0 Å². The van der Waals surface area contributed by atoms with E-state index >= 15 is 0 Å². The van der Waals surface area contributed by atoms with E-state index in [1.807, 2.05) is 6.92 Å². The van der Waals surface area contributed by atoms with Gasteiger partial charge in [-0.25, -0.2) is 0 Å². The fourth-order valence-electron chi connectivity index (χ4n) is 3.11. The van der Waals surface area contributed by atoms with Crippen molar-refractivity contribution in [2.45, 2.75) is 29.9 Å². The summed E-state index contributed by atoms with van der Waals surface area (Å²) in [6.45, 7) is 5.69. The second kappa shape index (κ2) is 10.7. The van der Waals surface area contributed by atoms with Gasteiger partial charge in [-0.15, -0.1) is 11.0 Å². The largest absolute Gasteiger partial charge is 0.497 e. The number of sulfonamides is 1. The van der Waals surface area contributed by atoms with E-state index in [-0.39, 0.29) is 34.8 Å². The molecule has 1 saturated heterocycles. The molecule has 0 spiro atoms. The van der Waals surface area contributed by atoms with Gasteiger partial charge >= 0.3 is 0 Å². The maximum Gasteiger partial charge on any atom is 0.284 e. The number of aryl methyl sites for hydroxylation is 1. The first-order valence-electron chi connectivity index (χ1n) is 10.2. The van der Waals surface area contributed by atoms with E-state index in [9.17, 15) is 18.0 Å². The molecule has 0 radical (unpaired) electrons. The molecular formula is C23H25N3O5S2. The molecule has 0 aromatic heterocycles. The number of amides is 2. The minimum absolute atomic E-state index is 0.0294. The number of hydrogen-bond acceptors (Lipinski definition) is 6. The maximum atomic E-state index is 12.9. The maximum absolute atomic E-state index is 12.9. The van der Waals surface area contributed by atoms with Crippen molar-refractivity contribution in [1.82, 2.24) is 4.90 Å². The first-order valence-corrected chi connectivity index (χ1v) is 12.6. The zero-order valence-corrected chi connectivity index (χ0v) is 20.0. The smallest absolute Gasteiger partial charge is 0.284 e. The number of rotatable bonds is 9. The number of anilines is 1. The van der Waals surface area contributed by atoms with Gasteiger partial charge in [-0.3, -0.25) is 14.5 Å². The molecule has 1 aliphatic rings. The lowest BCUT2D eigenvalue weighted by Crippen LogP contribution is -2.33. The Morgan fingerprint density at radius 1 is 1.21 bits per heavy atom. The van der Waals surface area contributed by atoms with Crippen molar-refractivity contribution in [3.8, 4) is 5.75 Å². The van der Waals surface area contributed by atoms with Gasteiger partial charge in [-0.05, 0) is 48.4 Å². The van der Waals surface area contributed by atoms with Crippen LogP contribution in [0.2, 0.25) is 0 Å². The average molecular weight is 488 g/mol. The van der Waals surface area contributed by atoms with Crippen LogP contribution in [-0.2, 0) is 26.0 Å². The Bertz CT molecular complexity index is 1160. The summed E-state index contributed by atoms with van der Waals surface area (Å²) in [7, 11) is -2.48. The van der Waals surface area contributed by atoms with E-state index in [1.54, 1.807) is 43.5 Å². The highest BCUT2D eigenvalue weighted by molar-refractivity contribution is 8.16. The Hall–Kier alpha value is -3.11. The summed E-state index contributed by atoms with van der Waals surface area (Å²) < 4.78 is 34.6. The van der Waals surface area contributed by atoms with Crippen LogP contribution >= 0.6 is 11.8 Å². The Morgan fingerprint density at radius 2 is 1.88 bits per heavy atom. The molecule has 2 aromatic rings. The third kappa shape index (κ3) is 6.02. The number of benzene rings is 2. The van der Waals surface area contributed by atoms with E-state index in [4.69, 9.17) is 4.74 Å². The van der Waals surface area contributed by atoms with Gasteiger partial charge in [0.1, 0.15) is 11.0 Å². The second-order valence-electron chi connectivity index (χ2n) is 7.17. The highest BCUT2D eigenvalue weighted by Gasteiger charge is 2.39. The highest BCUT2D eigenvalue weighted by atomic mass is 32.2. The second-order valence-corrected chi connectivity index (χ2v) is 9.95. The van der Waals surface area contributed by atoms with Crippen molar-refractivity contribution in [1.29, 1.82) is 0 Å². The van der Waals surface area contributed by atoms with Crippen LogP contribution < -0.4 is 10.1 Å². The Morgan fingerprint density at radius 3 is 2.45 bits per heavy atom. The number of amidine groups is 1. The zero-order chi connectivity index (χ0) is 24.0. The van der Waals surface area contributed by atoms with E-state index < -0.39 is 15.3 Å². The number of ether oxygens (including phenoxy) is 1. The first-order chi connectivity index (χ1) is 15.8. The van der Waals surface area contributed by atoms with Crippen LogP contribution in [-0.4, -0.2) is 49.2 Å². The van der Waals surface area contributed by atoms with Crippen LogP contribution in [0.1, 0.15) is 18.9 Å². The summed E-state index contributed by atoms with van der Waals surface area (Å²) in [4.78, 5) is 26.6. The molecule has 1 atom stereocenters. The Labute approximate surface area is 197 Å². The number of carbonyl (C=O) groups excluding carboxylic acids is 2. The van der Waals surface area contributed by atoms with Crippen LogP contribution in [0.5, 0.6) is 5.75 Å². The van der Waals surface area contributed by atoms with Gasteiger partial charge in [0.15, 0.2) is 5.17 Å². The van der Waals surface area contributed by atoms with Crippen molar-refractivity contribution >= 4 is 44.5 Å². The predicted octanol–water partition coefficient (Wildman–Crippen LogP) is 3.46. The van der Waals surface area contributed by atoms with E-state index in [1.165, 1.54) is 23.1 Å². The third-order valence-corrected chi connectivity index (χ3v) is 7.48. The molecule has 33 heavy (non-hydrogen) atoms. The van der Waals surface area contributed by atoms with E-state index in [2.05, 4.69) is 16.3 Å². The van der Waals surface area contributed by atoms with Crippen molar-refractivity contribution in [2.75, 3.05) is 19.0 Å². The molecule has 10 heteroatoms. The average Bonchev–Trinajstić information content (AvgIpc) is 3.08. The number of methoxy groups -OCH3 is 1. The molecule has 0 unspecified atom stereocenters. The molecule has 1 fully saturated rings. The number of nitrogens with zero attached hydrogens (tertiary/aromatic N) is 2. The SMILES string of the molecule is C=CCN1C(=O)[C@@H](CC(=O)Nc2ccc(OC)cc2)SC1=NS(=O)(=O)c1ccc(CC)cc1. The summed E-state index contributed by atoms with van der Waals surface area (Å²) in [6, 6.07) is 13.2. The lowest BCUT2D eigenvalue weighted by Gasteiger charge is -2.13. The summed E-state index contributed by atoms with van der Waals surface area (Å²) in [5.74, 6) is -0.107. The summed E-state index contributed by atoms with van der Waals surface area (Å²) >= 11 is 0.960. The topological polar surface area (TPSA) is 105 Å². The Kier molecular flexibility index (Phi) is 7.93. The monoisotopic (exact) mass is 487 g/mol. The van der Waals surface area contributed by atoms with Gasteiger partial charge in [0.2, 0.25) is 11.8 Å². The van der Waals surface area contributed by atoms with Crippen LogP contribution in [0.25, 0.3) is 0 Å². The third-order valence-electron chi connectivity index (χ3n) is 4.90. The number of nitrogens with one attached hydrogen (secondary N) is 1. The van der Waals surface area contributed by atoms with Gasteiger partial charge in [0, 0.05) is 18.7 Å². The summed E-state index contributed by atoms with van der Waals surface area (Å²) in [5, 5.41) is 1.97. The molecule has 0 saturated carbocycles. The minimum Gasteiger partial charge on any atom is -0.497 e. The van der Waals surface area contributed by atoms with Crippen LogP contribution in [0.15, 0.2) is 70.5 Å². The standard InChI is InChI=1S/C23H25N3O5S2/c1-4-14-26-22(28)20(15-21(27)24-17-8-10-18(31-3)11-9-17)32-23(26)25-33(29,30)19-12-6-16(5-2)7-13-19/h4,6-13,20H,1,5,14-15H2,2-3H3,(H,24,27)/t20-/m1/s1. The predicted molar refractivity (Wildman–Crippen MR) is 130 cm³/mol. The van der Waals surface area contributed by atoms with Crippen molar-refractivity contribution < 1.29 is 22.7 Å². The number of carbonyl (C=O) groups is 2. The van der Waals surface area contributed by atoms with Gasteiger partial charge in [-0.1, -0.05) is 36.9 Å². The van der Waals surface area contributed by atoms with Crippen molar-refractivity contribution in [3.63, 3.8) is 0 Å². The molecule has 0 aliphatic carbocycles. The van der Waals surface area contributed by atoms with Gasteiger partial charge < -0.3 is 10.1 Å². The van der Waals surface area contributed by atoms with E-state index in [0.717, 1.165) is 23.7 Å². The quantitative estimate of drug-likeness (QED) is 0.543. The Balaban J connectivity index is 1.76. The molecular weight excluding hydrogens is 462 g/mol. The fourth-order valence-corrected chi connectivity index (χ4v) is 5.48. The molecule has 2 aromatic carbocycles. The number of thioether (sulfide) groups is 1. The molecule has 1 heterocycles. The molecule has 1 aliphatic heterocycles. The molecule has 3 rings (SSSR count). The zero-order valence-electron chi connectivity index (χ0n) is 18.4. The molecule has 174 valence electrons. The van der Waals surface area contributed by atoms with Crippen LogP contribution in [0.4, 0.5) is 5.69 Å².